The molecular weight excluding hydrogens is 330 g/mol. The van der Waals surface area contributed by atoms with Crippen LogP contribution in [0, 0.1) is 0 Å². The summed E-state index contributed by atoms with van der Waals surface area (Å²) in [5.41, 5.74) is 1.01. The monoisotopic (exact) mass is 345 g/mol. The number of amides is 1. The summed E-state index contributed by atoms with van der Waals surface area (Å²) in [4.78, 5) is 13.9. The Kier molecular flexibility index (Phi) is 5.17. The average Bonchev–Trinajstić information content (AvgIpc) is 2.53. The summed E-state index contributed by atoms with van der Waals surface area (Å²) >= 11 is 3.45. The zero-order chi connectivity index (χ0) is 15.2. The van der Waals surface area contributed by atoms with E-state index < -0.39 is 6.09 Å². The van der Waals surface area contributed by atoms with E-state index >= 15 is 0 Å². The summed E-state index contributed by atoms with van der Waals surface area (Å²) in [5.74, 6) is 0.439. The molecule has 3 nitrogen and oxygen atoms in total. The third-order valence-corrected chi connectivity index (χ3v) is 3.58. The van der Waals surface area contributed by atoms with E-state index in [1.807, 2.05) is 42.5 Å². The van der Waals surface area contributed by atoms with E-state index in [1.54, 1.807) is 24.1 Å². The van der Waals surface area contributed by atoms with Gasteiger partial charge in [-0.1, -0.05) is 52.8 Å². The summed E-state index contributed by atoms with van der Waals surface area (Å²) in [5, 5.41) is 0. The highest BCUT2D eigenvalue weighted by Gasteiger charge is 2.25. The molecule has 21 heavy (non-hydrogen) atoms. The standard InChI is InChI=1S/C17H16BrNO2/c1-3-15(4-2)21-17(20)19-11-10-14(18)12-16(19)13-8-6-5-7-9-13/h3-12,16H,1H2,2H3/b15-4+. The molecule has 0 N–H and O–H groups in total. The Hall–Kier alpha value is -2.07. The van der Waals surface area contributed by atoms with Gasteiger partial charge < -0.3 is 4.74 Å². The number of benzene rings is 1. The van der Waals surface area contributed by atoms with Crippen molar-refractivity contribution < 1.29 is 9.53 Å². The van der Waals surface area contributed by atoms with Gasteiger partial charge >= 0.3 is 6.09 Å². The lowest BCUT2D eigenvalue weighted by atomic mass is 10.0. The van der Waals surface area contributed by atoms with Gasteiger partial charge in [0.05, 0.1) is 6.04 Å². The molecule has 4 heteroatoms. The van der Waals surface area contributed by atoms with E-state index in [1.165, 1.54) is 6.08 Å². The third-order valence-electron chi connectivity index (χ3n) is 3.05. The first-order valence-corrected chi connectivity index (χ1v) is 7.34. The van der Waals surface area contributed by atoms with Crippen molar-refractivity contribution in [3.63, 3.8) is 0 Å². The van der Waals surface area contributed by atoms with Crippen molar-refractivity contribution in [1.29, 1.82) is 0 Å². The SMILES string of the molecule is C=C/C(=C\C)OC(=O)N1C=CC(Br)=CC1c1ccccc1. The average molecular weight is 346 g/mol. The molecular formula is C17H16BrNO2. The molecule has 0 radical (unpaired) electrons. The lowest BCUT2D eigenvalue weighted by Crippen LogP contribution is -2.31. The van der Waals surface area contributed by atoms with Gasteiger partial charge in [-0.3, -0.25) is 4.90 Å². The Morgan fingerprint density at radius 2 is 2.10 bits per heavy atom. The fourth-order valence-electron chi connectivity index (χ4n) is 1.98. The molecule has 2 rings (SSSR count). The fourth-order valence-corrected chi connectivity index (χ4v) is 2.35. The molecule has 108 valence electrons. The van der Waals surface area contributed by atoms with Crippen LogP contribution in [-0.4, -0.2) is 11.0 Å². The van der Waals surface area contributed by atoms with Gasteiger partial charge in [-0.05, 0) is 36.8 Å². The van der Waals surface area contributed by atoms with Crippen LogP contribution in [0.25, 0.3) is 0 Å². The third kappa shape index (κ3) is 3.73. The van der Waals surface area contributed by atoms with Crippen molar-refractivity contribution in [2.24, 2.45) is 0 Å². The Bertz CT molecular complexity index is 617. The van der Waals surface area contributed by atoms with Crippen molar-refractivity contribution in [2.75, 3.05) is 0 Å². The molecule has 0 bridgehead atoms. The number of ether oxygens (including phenoxy) is 1. The maximum atomic E-state index is 12.3. The van der Waals surface area contributed by atoms with Gasteiger partial charge in [0.15, 0.2) is 0 Å². The normalized spacial score (nSPS) is 18.2. The van der Waals surface area contributed by atoms with E-state index in [0.29, 0.717) is 5.76 Å². The maximum absolute atomic E-state index is 12.3. The van der Waals surface area contributed by atoms with Crippen LogP contribution in [0.4, 0.5) is 4.79 Å². The Morgan fingerprint density at radius 3 is 2.71 bits per heavy atom. The number of nitrogens with zero attached hydrogens (tertiary/aromatic N) is 1. The van der Waals surface area contributed by atoms with Crippen molar-refractivity contribution in [3.8, 4) is 0 Å². The highest BCUT2D eigenvalue weighted by Crippen LogP contribution is 2.30. The van der Waals surface area contributed by atoms with Gasteiger partial charge in [-0.2, -0.15) is 0 Å². The topological polar surface area (TPSA) is 29.5 Å². The van der Waals surface area contributed by atoms with E-state index in [2.05, 4.69) is 22.5 Å². The van der Waals surface area contributed by atoms with Crippen molar-refractivity contribution in [3.05, 3.63) is 83.2 Å². The summed E-state index contributed by atoms with van der Waals surface area (Å²) in [7, 11) is 0. The van der Waals surface area contributed by atoms with Gasteiger partial charge in [-0.25, -0.2) is 4.79 Å². The first kappa shape index (κ1) is 15.3. The predicted molar refractivity (Wildman–Crippen MR) is 87.6 cm³/mol. The summed E-state index contributed by atoms with van der Waals surface area (Å²) in [6.07, 6.45) is 8.24. The second kappa shape index (κ2) is 7.09. The number of halogens is 1. The van der Waals surface area contributed by atoms with Crippen LogP contribution in [0.5, 0.6) is 0 Å². The van der Waals surface area contributed by atoms with Crippen LogP contribution in [0.1, 0.15) is 18.5 Å². The summed E-state index contributed by atoms with van der Waals surface area (Å²) in [6, 6.07) is 9.58. The number of carbonyl (C=O) groups is 1. The Morgan fingerprint density at radius 1 is 1.38 bits per heavy atom. The highest BCUT2D eigenvalue weighted by molar-refractivity contribution is 9.11. The Labute approximate surface area is 133 Å². The molecule has 1 unspecified atom stereocenters. The molecule has 0 aromatic heterocycles. The lowest BCUT2D eigenvalue weighted by molar-refractivity contribution is 0.139. The molecule has 0 saturated carbocycles. The molecule has 0 spiro atoms. The van der Waals surface area contributed by atoms with E-state index in [4.69, 9.17) is 4.74 Å². The first-order chi connectivity index (χ1) is 10.2. The molecule has 1 atom stereocenters. The van der Waals surface area contributed by atoms with Crippen molar-refractivity contribution in [2.45, 2.75) is 13.0 Å². The quantitative estimate of drug-likeness (QED) is 0.565. The van der Waals surface area contributed by atoms with Gasteiger partial charge in [0.25, 0.3) is 0 Å². The lowest BCUT2D eigenvalue weighted by Gasteiger charge is -2.29. The van der Waals surface area contributed by atoms with Crippen LogP contribution in [-0.2, 0) is 4.74 Å². The van der Waals surface area contributed by atoms with Crippen LogP contribution in [0.3, 0.4) is 0 Å². The number of allylic oxidation sites excluding steroid dienone is 4. The van der Waals surface area contributed by atoms with Crippen LogP contribution >= 0.6 is 15.9 Å². The summed E-state index contributed by atoms with van der Waals surface area (Å²) in [6.45, 7) is 5.41. The molecule has 1 aliphatic heterocycles. The number of hydrogen-bond donors (Lipinski definition) is 0. The molecule has 1 aliphatic rings. The van der Waals surface area contributed by atoms with E-state index in [9.17, 15) is 4.79 Å². The van der Waals surface area contributed by atoms with Crippen molar-refractivity contribution in [1.82, 2.24) is 4.90 Å². The molecule has 0 saturated heterocycles. The van der Waals surface area contributed by atoms with E-state index in [0.717, 1.165) is 10.0 Å². The minimum Gasteiger partial charge on any atom is -0.410 e. The van der Waals surface area contributed by atoms with Crippen LogP contribution in [0.15, 0.2) is 77.7 Å². The molecule has 1 aromatic carbocycles. The first-order valence-electron chi connectivity index (χ1n) is 6.55. The van der Waals surface area contributed by atoms with Gasteiger partial charge in [0.1, 0.15) is 5.76 Å². The Balaban J connectivity index is 2.26. The molecule has 0 aliphatic carbocycles. The molecule has 1 heterocycles. The predicted octanol–water partition coefficient (Wildman–Crippen LogP) is 5.06. The number of carbonyl (C=O) groups excluding carboxylic acids is 1. The number of rotatable bonds is 3. The van der Waals surface area contributed by atoms with Crippen LogP contribution in [0.2, 0.25) is 0 Å². The highest BCUT2D eigenvalue weighted by atomic mass is 79.9. The summed E-state index contributed by atoms with van der Waals surface area (Å²) < 4.78 is 6.24. The largest absolute Gasteiger partial charge is 0.420 e. The molecule has 0 fully saturated rings. The zero-order valence-electron chi connectivity index (χ0n) is 11.7. The minimum absolute atomic E-state index is 0.207. The van der Waals surface area contributed by atoms with Gasteiger partial charge in [0.2, 0.25) is 0 Å². The minimum atomic E-state index is -0.440. The second-order valence-corrected chi connectivity index (χ2v) is 5.31. The van der Waals surface area contributed by atoms with Crippen molar-refractivity contribution >= 4 is 22.0 Å². The van der Waals surface area contributed by atoms with Gasteiger partial charge in [0, 0.05) is 10.7 Å². The smallest absolute Gasteiger partial charge is 0.410 e. The second-order valence-electron chi connectivity index (χ2n) is 4.39. The van der Waals surface area contributed by atoms with Crippen LogP contribution < -0.4 is 0 Å². The molecule has 1 aromatic rings. The maximum Gasteiger partial charge on any atom is 0.420 e. The zero-order valence-corrected chi connectivity index (χ0v) is 13.3. The fraction of sp³-hybridized carbons (Fsp3) is 0.118. The molecule has 1 amide bonds. The number of hydrogen-bond acceptors (Lipinski definition) is 2. The van der Waals surface area contributed by atoms with E-state index in [-0.39, 0.29) is 6.04 Å². The van der Waals surface area contributed by atoms with Gasteiger partial charge in [-0.15, -0.1) is 0 Å².